The monoisotopic (exact) mass is 349 g/mol. The summed E-state index contributed by atoms with van der Waals surface area (Å²) < 4.78 is 6.61. The van der Waals surface area contributed by atoms with Gasteiger partial charge in [0.2, 0.25) is 0 Å². The number of fused-ring (bicyclic) bond motifs is 5. The first kappa shape index (κ1) is 14.1. The number of hydrogen-bond donors (Lipinski definition) is 1. The molecule has 0 saturated heterocycles. The molecule has 3 fully saturated rings. The van der Waals surface area contributed by atoms with Gasteiger partial charge in [0.15, 0.2) is 0 Å². The third-order valence-electron chi connectivity index (χ3n) is 6.23. The van der Waals surface area contributed by atoms with Crippen LogP contribution in [0.2, 0.25) is 0 Å². The van der Waals surface area contributed by atoms with Gasteiger partial charge in [-0.15, -0.1) is 0 Å². The van der Waals surface area contributed by atoms with Crippen LogP contribution in [0.3, 0.4) is 0 Å². The first-order valence-electron chi connectivity index (χ1n) is 8.32. The zero-order chi connectivity index (χ0) is 14.4. The maximum absolute atomic E-state index is 5.49. The van der Waals surface area contributed by atoms with E-state index in [0.29, 0.717) is 0 Å². The molecule has 114 valence electrons. The molecule has 3 saturated carbocycles. The maximum Gasteiger partial charge on any atom is 0.123 e. The van der Waals surface area contributed by atoms with E-state index >= 15 is 0 Å². The number of halogens is 1. The van der Waals surface area contributed by atoms with Crippen molar-refractivity contribution in [2.24, 2.45) is 23.7 Å². The Balaban J connectivity index is 1.43. The highest BCUT2D eigenvalue weighted by atomic mass is 79.9. The number of benzene rings is 1. The fraction of sp³-hybridized carbons (Fsp3) is 0.667. The molecule has 4 rings (SSSR count). The minimum Gasteiger partial charge on any atom is -0.496 e. The molecule has 0 aromatic heterocycles. The number of hydrogen-bond acceptors (Lipinski definition) is 2. The molecule has 3 aliphatic rings. The van der Waals surface area contributed by atoms with Crippen molar-refractivity contribution >= 4 is 15.9 Å². The Kier molecular flexibility index (Phi) is 3.74. The van der Waals surface area contributed by atoms with E-state index in [2.05, 4.69) is 33.4 Å². The lowest BCUT2D eigenvalue weighted by molar-refractivity contribution is 0.207. The molecular formula is C18H24BrNO. The third-order valence-corrected chi connectivity index (χ3v) is 6.72. The highest BCUT2D eigenvalue weighted by molar-refractivity contribution is 9.10. The largest absolute Gasteiger partial charge is 0.496 e. The van der Waals surface area contributed by atoms with Gasteiger partial charge in [0, 0.05) is 22.6 Å². The van der Waals surface area contributed by atoms with Gasteiger partial charge >= 0.3 is 0 Å². The van der Waals surface area contributed by atoms with Gasteiger partial charge in [-0.1, -0.05) is 22.4 Å². The normalized spacial score (nSPS) is 37.0. The summed E-state index contributed by atoms with van der Waals surface area (Å²) in [4.78, 5) is 0. The average Bonchev–Trinajstić information content (AvgIpc) is 3.17. The van der Waals surface area contributed by atoms with E-state index in [1.807, 2.05) is 6.07 Å². The van der Waals surface area contributed by atoms with E-state index in [1.165, 1.54) is 37.7 Å². The van der Waals surface area contributed by atoms with Crippen LogP contribution in [0.5, 0.6) is 5.75 Å². The van der Waals surface area contributed by atoms with E-state index in [-0.39, 0.29) is 0 Å². The maximum atomic E-state index is 5.49. The molecule has 0 amide bonds. The molecule has 21 heavy (non-hydrogen) atoms. The van der Waals surface area contributed by atoms with Crippen LogP contribution in [0.15, 0.2) is 22.7 Å². The molecule has 2 nitrogen and oxygen atoms in total. The SMILES string of the molecule is COc1ccc(Br)cc1CNC1CC2CC1C1CCCC21. The zero-order valence-corrected chi connectivity index (χ0v) is 14.2. The standard InChI is InChI=1S/C18H24BrNO/c1-21-18-6-5-13(19)7-12(18)10-20-17-9-11-8-16(17)15-4-2-3-14(11)15/h5-7,11,14-17,20H,2-4,8-10H2,1H3. The lowest BCUT2D eigenvalue weighted by Crippen LogP contribution is -2.38. The highest BCUT2D eigenvalue weighted by Crippen LogP contribution is 2.58. The van der Waals surface area contributed by atoms with Gasteiger partial charge in [0.05, 0.1) is 7.11 Å². The van der Waals surface area contributed by atoms with Crippen LogP contribution < -0.4 is 10.1 Å². The van der Waals surface area contributed by atoms with Gasteiger partial charge in [-0.2, -0.15) is 0 Å². The smallest absolute Gasteiger partial charge is 0.123 e. The molecule has 2 bridgehead atoms. The van der Waals surface area contributed by atoms with Gasteiger partial charge in [-0.25, -0.2) is 0 Å². The quantitative estimate of drug-likeness (QED) is 0.871. The van der Waals surface area contributed by atoms with Crippen LogP contribution in [0.4, 0.5) is 0 Å². The van der Waals surface area contributed by atoms with Crippen molar-refractivity contribution in [3.63, 3.8) is 0 Å². The van der Waals surface area contributed by atoms with Gasteiger partial charge in [0.1, 0.15) is 5.75 Å². The van der Waals surface area contributed by atoms with Gasteiger partial charge < -0.3 is 10.1 Å². The predicted octanol–water partition coefficient (Wildman–Crippen LogP) is 4.37. The molecule has 3 aliphatic carbocycles. The molecule has 5 unspecified atom stereocenters. The molecule has 0 aliphatic heterocycles. The van der Waals surface area contributed by atoms with E-state index in [1.54, 1.807) is 7.11 Å². The topological polar surface area (TPSA) is 21.3 Å². The molecule has 5 atom stereocenters. The summed E-state index contributed by atoms with van der Waals surface area (Å²) in [6.07, 6.45) is 7.38. The van der Waals surface area contributed by atoms with E-state index in [9.17, 15) is 0 Å². The van der Waals surface area contributed by atoms with Crippen molar-refractivity contribution in [3.05, 3.63) is 28.2 Å². The highest BCUT2D eigenvalue weighted by Gasteiger charge is 2.53. The average molecular weight is 350 g/mol. The second-order valence-corrected chi connectivity index (χ2v) is 8.01. The number of rotatable bonds is 4. The summed E-state index contributed by atoms with van der Waals surface area (Å²) in [5, 5.41) is 3.84. The number of methoxy groups -OCH3 is 1. The Labute approximate surface area is 135 Å². The summed E-state index contributed by atoms with van der Waals surface area (Å²) in [6.45, 7) is 0.924. The third kappa shape index (κ3) is 2.43. The van der Waals surface area contributed by atoms with Crippen LogP contribution in [0.25, 0.3) is 0 Å². The van der Waals surface area contributed by atoms with E-state index in [0.717, 1.165) is 46.5 Å². The van der Waals surface area contributed by atoms with Crippen molar-refractivity contribution in [1.82, 2.24) is 5.32 Å². The molecule has 0 heterocycles. The summed E-state index contributed by atoms with van der Waals surface area (Å²) in [5.41, 5.74) is 1.26. The van der Waals surface area contributed by atoms with Crippen molar-refractivity contribution in [2.45, 2.75) is 44.7 Å². The fourth-order valence-electron chi connectivity index (χ4n) is 5.43. The van der Waals surface area contributed by atoms with Gasteiger partial charge in [-0.05, 0) is 67.6 Å². The first-order valence-corrected chi connectivity index (χ1v) is 9.11. The van der Waals surface area contributed by atoms with Gasteiger partial charge in [0.25, 0.3) is 0 Å². The second kappa shape index (κ2) is 5.58. The summed E-state index contributed by atoms with van der Waals surface area (Å²) in [6, 6.07) is 7.01. The summed E-state index contributed by atoms with van der Waals surface area (Å²) >= 11 is 3.57. The Morgan fingerprint density at radius 3 is 2.90 bits per heavy atom. The van der Waals surface area contributed by atoms with Crippen LogP contribution in [-0.4, -0.2) is 13.2 Å². The molecule has 1 aromatic carbocycles. The Morgan fingerprint density at radius 2 is 2.05 bits per heavy atom. The van der Waals surface area contributed by atoms with Crippen molar-refractivity contribution in [1.29, 1.82) is 0 Å². The molecular weight excluding hydrogens is 326 g/mol. The van der Waals surface area contributed by atoms with Gasteiger partial charge in [-0.3, -0.25) is 0 Å². The Hall–Kier alpha value is -0.540. The van der Waals surface area contributed by atoms with E-state index < -0.39 is 0 Å². The fourth-order valence-corrected chi connectivity index (χ4v) is 5.84. The van der Waals surface area contributed by atoms with Crippen molar-refractivity contribution in [2.75, 3.05) is 7.11 Å². The number of ether oxygens (including phenoxy) is 1. The molecule has 1 N–H and O–H groups in total. The van der Waals surface area contributed by atoms with Crippen molar-refractivity contribution in [3.8, 4) is 5.75 Å². The molecule has 3 heteroatoms. The first-order chi connectivity index (χ1) is 10.3. The predicted molar refractivity (Wildman–Crippen MR) is 88.4 cm³/mol. The summed E-state index contributed by atoms with van der Waals surface area (Å²) in [5.74, 6) is 5.07. The minimum absolute atomic E-state index is 0.734. The molecule has 1 aromatic rings. The van der Waals surface area contributed by atoms with Crippen LogP contribution in [0.1, 0.15) is 37.7 Å². The van der Waals surface area contributed by atoms with Crippen LogP contribution in [-0.2, 0) is 6.54 Å². The minimum atomic E-state index is 0.734. The lowest BCUT2D eigenvalue weighted by atomic mass is 9.79. The Bertz CT molecular complexity index is 532. The Morgan fingerprint density at radius 1 is 1.19 bits per heavy atom. The summed E-state index contributed by atoms with van der Waals surface area (Å²) in [7, 11) is 1.76. The number of nitrogens with one attached hydrogen (secondary N) is 1. The van der Waals surface area contributed by atoms with Crippen LogP contribution in [0, 0.1) is 23.7 Å². The molecule has 0 radical (unpaired) electrons. The zero-order valence-electron chi connectivity index (χ0n) is 12.6. The van der Waals surface area contributed by atoms with Crippen LogP contribution >= 0.6 is 15.9 Å². The second-order valence-electron chi connectivity index (χ2n) is 7.10. The van der Waals surface area contributed by atoms with E-state index in [4.69, 9.17) is 4.74 Å². The van der Waals surface area contributed by atoms with Crippen molar-refractivity contribution < 1.29 is 4.74 Å². The molecule has 0 spiro atoms. The lowest BCUT2D eigenvalue weighted by Gasteiger charge is -2.32.